The molecule has 2 aliphatic heterocycles. The van der Waals surface area contributed by atoms with Gasteiger partial charge in [0.2, 0.25) is 0 Å². The van der Waals surface area contributed by atoms with Crippen LogP contribution in [0.15, 0.2) is 48.5 Å². The number of aromatic nitrogens is 2. The van der Waals surface area contributed by atoms with Gasteiger partial charge in [0, 0.05) is 17.8 Å². The third-order valence-corrected chi connectivity index (χ3v) is 8.35. The highest BCUT2D eigenvalue weighted by Crippen LogP contribution is 2.51. The maximum absolute atomic E-state index is 13.9. The number of methoxy groups -OCH3 is 1. The van der Waals surface area contributed by atoms with Gasteiger partial charge < -0.3 is 14.5 Å². The zero-order valence-corrected chi connectivity index (χ0v) is 21.4. The Hall–Kier alpha value is -3.33. The largest absolute Gasteiger partial charge is 0.497 e. The van der Waals surface area contributed by atoms with E-state index in [1.165, 1.54) is 51.4 Å². The van der Waals surface area contributed by atoms with Crippen molar-refractivity contribution in [2.75, 3.05) is 38.2 Å². The second-order valence-electron chi connectivity index (χ2n) is 10.6. The van der Waals surface area contributed by atoms with Gasteiger partial charge in [0.1, 0.15) is 11.4 Å². The number of rotatable bonds is 7. The van der Waals surface area contributed by atoms with Crippen molar-refractivity contribution in [3.05, 3.63) is 71.0 Å². The molecule has 3 aromatic rings. The van der Waals surface area contributed by atoms with Crippen molar-refractivity contribution in [1.29, 1.82) is 0 Å². The number of carbonyl (C=O) groups is 1. The Bertz CT molecular complexity index is 1320. The molecule has 6 rings (SSSR count). The van der Waals surface area contributed by atoms with E-state index in [4.69, 9.17) is 4.74 Å². The smallest absolute Gasteiger partial charge is 0.435 e. The molecular weight excluding hydrogens is 493 g/mol. The molecule has 0 bridgehead atoms. The van der Waals surface area contributed by atoms with Gasteiger partial charge in [-0.25, -0.2) is 4.68 Å². The van der Waals surface area contributed by atoms with Crippen molar-refractivity contribution >= 4 is 11.6 Å². The van der Waals surface area contributed by atoms with Gasteiger partial charge in [0.15, 0.2) is 5.69 Å². The van der Waals surface area contributed by atoms with Crippen LogP contribution in [0.4, 0.5) is 18.9 Å². The fraction of sp³-hybridized carbons (Fsp3) is 0.448. The van der Waals surface area contributed by atoms with Crippen LogP contribution >= 0.6 is 0 Å². The summed E-state index contributed by atoms with van der Waals surface area (Å²) in [6.07, 6.45) is 1.48. The summed E-state index contributed by atoms with van der Waals surface area (Å²) < 4.78 is 47.9. The Kier molecular flexibility index (Phi) is 6.21. The SMILES string of the molecule is COc1ccc(-n2nc(C(F)(F)F)c3c2C(=O)N(c2ccc(C4(CCN5CCCC5)CC4)cc2)CC3)cc1. The van der Waals surface area contributed by atoms with E-state index in [0.29, 0.717) is 17.1 Å². The first kappa shape index (κ1) is 25.0. The lowest BCUT2D eigenvalue weighted by molar-refractivity contribution is -0.141. The van der Waals surface area contributed by atoms with Crippen molar-refractivity contribution in [3.8, 4) is 11.4 Å². The number of carbonyl (C=O) groups excluding carboxylic acids is 1. The average molecular weight is 525 g/mol. The normalized spacial score (nSPS) is 19.1. The number of benzene rings is 2. The topological polar surface area (TPSA) is 50.6 Å². The lowest BCUT2D eigenvalue weighted by Gasteiger charge is -2.28. The number of hydrogen-bond donors (Lipinski definition) is 0. The molecule has 6 nitrogen and oxygen atoms in total. The molecule has 38 heavy (non-hydrogen) atoms. The summed E-state index contributed by atoms with van der Waals surface area (Å²) in [7, 11) is 1.51. The molecule has 1 saturated heterocycles. The van der Waals surface area contributed by atoms with Crippen molar-refractivity contribution in [2.45, 2.75) is 50.1 Å². The Labute approximate surface area is 220 Å². The number of hydrogen-bond acceptors (Lipinski definition) is 4. The van der Waals surface area contributed by atoms with Crippen LogP contribution in [-0.2, 0) is 18.0 Å². The van der Waals surface area contributed by atoms with Gasteiger partial charge in [-0.2, -0.15) is 18.3 Å². The summed E-state index contributed by atoms with van der Waals surface area (Å²) in [5.41, 5.74) is 1.47. The summed E-state index contributed by atoms with van der Waals surface area (Å²) in [6.45, 7) is 3.67. The standard InChI is InChI=1S/C29H31F3N4O2/c1-38-23-10-8-22(9-11-23)36-25-24(26(33-36)29(30,31)32)12-18-35(27(25)37)21-6-4-20(5-7-21)28(13-14-28)15-19-34-16-2-3-17-34/h4-11H,2-3,12-19H2,1H3. The van der Waals surface area contributed by atoms with Crippen LogP contribution in [0.2, 0.25) is 0 Å². The van der Waals surface area contributed by atoms with Gasteiger partial charge in [-0.1, -0.05) is 12.1 Å². The number of halogens is 3. The Morgan fingerprint density at radius 2 is 1.61 bits per heavy atom. The minimum absolute atomic E-state index is 0.0397. The van der Waals surface area contributed by atoms with Crippen LogP contribution in [-0.4, -0.2) is 53.9 Å². The van der Waals surface area contributed by atoms with E-state index in [2.05, 4.69) is 22.1 Å². The van der Waals surface area contributed by atoms with E-state index in [9.17, 15) is 18.0 Å². The molecule has 0 atom stereocenters. The van der Waals surface area contributed by atoms with Crippen LogP contribution < -0.4 is 9.64 Å². The van der Waals surface area contributed by atoms with E-state index in [0.717, 1.165) is 17.6 Å². The molecule has 1 aliphatic carbocycles. The minimum atomic E-state index is -4.65. The number of ether oxygens (including phenoxy) is 1. The van der Waals surface area contributed by atoms with Gasteiger partial charge in [-0.3, -0.25) is 4.79 Å². The highest BCUT2D eigenvalue weighted by molar-refractivity contribution is 6.07. The van der Waals surface area contributed by atoms with Crippen molar-refractivity contribution < 1.29 is 22.7 Å². The van der Waals surface area contributed by atoms with Gasteiger partial charge in [0.25, 0.3) is 5.91 Å². The Morgan fingerprint density at radius 1 is 0.947 bits per heavy atom. The van der Waals surface area contributed by atoms with Crippen LogP contribution in [0.1, 0.15) is 59.4 Å². The van der Waals surface area contributed by atoms with E-state index in [-0.39, 0.29) is 29.6 Å². The fourth-order valence-corrected chi connectivity index (χ4v) is 5.95. The van der Waals surface area contributed by atoms with Crippen LogP contribution in [0.3, 0.4) is 0 Å². The van der Waals surface area contributed by atoms with Crippen LogP contribution in [0.5, 0.6) is 5.75 Å². The first-order valence-electron chi connectivity index (χ1n) is 13.3. The molecule has 0 unspecified atom stereocenters. The molecule has 3 aliphatic rings. The van der Waals surface area contributed by atoms with Gasteiger partial charge >= 0.3 is 6.18 Å². The molecule has 9 heteroatoms. The first-order chi connectivity index (χ1) is 18.3. The Morgan fingerprint density at radius 3 is 2.21 bits per heavy atom. The van der Waals surface area contributed by atoms with E-state index in [1.54, 1.807) is 29.2 Å². The summed E-state index contributed by atoms with van der Waals surface area (Å²) in [5.74, 6) is 0.0840. The molecule has 2 fully saturated rings. The summed E-state index contributed by atoms with van der Waals surface area (Å²) in [5, 5.41) is 3.87. The van der Waals surface area contributed by atoms with Crippen molar-refractivity contribution in [3.63, 3.8) is 0 Å². The number of anilines is 1. The predicted molar refractivity (Wildman–Crippen MR) is 138 cm³/mol. The number of likely N-dealkylation sites (tertiary alicyclic amines) is 1. The van der Waals surface area contributed by atoms with Crippen molar-refractivity contribution in [1.82, 2.24) is 14.7 Å². The Balaban J connectivity index is 1.27. The predicted octanol–water partition coefficient (Wildman–Crippen LogP) is 5.62. The van der Waals surface area contributed by atoms with Gasteiger partial charge in [-0.05, 0) is 106 Å². The lowest BCUT2D eigenvalue weighted by Crippen LogP contribution is -2.39. The maximum atomic E-state index is 13.9. The number of fused-ring (bicyclic) bond motifs is 1. The molecule has 0 spiro atoms. The van der Waals surface area contributed by atoms with Crippen molar-refractivity contribution in [2.24, 2.45) is 0 Å². The second kappa shape index (κ2) is 9.45. The van der Waals surface area contributed by atoms with Crippen LogP contribution in [0, 0.1) is 0 Å². The van der Waals surface area contributed by atoms with E-state index < -0.39 is 17.8 Å². The second-order valence-corrected chi connectivity index (χ2v) is 10.6. The number of amides is 1. The molecule has 0 radical (unpaired) electrons. The number of alkyl halides is 3. The highest BCUT2D eigenvalue weighted by Gasteiger charge is 2.45. The van der Waals surface area contributed by atoms with Gasteiger partial charge in [0.05, 0.1) is 12.8 Å². The average Bonchev–Trinajstić information content (AvgIpc) is 3.32. The fourth-order valence-electron chi connectivity index (χ4n) is 5.95. The highest BCUT2D eigenvalue weighted by atomic mass is 19.4. The number of nitrogens with zero attached hydrogens (tertiary/aromatic N) is 4. The molecule has 200 valence electrons. The van der Waals surface area contributed by atoms with E-state index >= 15 is 0 Å². The summed E-state index contributed by atoms with van der Waals surface area (Å²) >= 11 is 0. The zero-order chi connectivity index (χ0) is 26.5. The maximum Gasteiger partial charge on any atom is 0.435 e. The third kappa shape index (κ3) is 4.46. The van der Waals surface area contributed by atoms with Gasteiger partial charge in [-0.15, -0.1) is 0 Å². The third-order valence-electron chi connectivity index (χ3n) is 8.35. The quantitative estimate of drug-likeness (QED) is 0.403. The minimum Gasteiger partial charge on any atom is -0.497 e. The first-order valence-corrected chi connectivity index (χ1v) is 13.3. The lowest BCUT2D eigenvalue weighted by atomic mass is 9.91. The zero-order valence-electron chi connectivity index (χ0n) is 21.4. The molecule has 0 N–H and O–H groups in total. The van der Waals surface area contributed by atoms with E-state index in [1.807, 2.05) is 12.1 Å². The summed E-state index contributed by atoms with van der Waals surface area (Å²) in [6, 6.07) is 14.5. The molecule has 2 aromatic carbocycles. The molecule has 3 heterocycles. The monoisotopic (exact) mass is 524 g/mol. The molecule has 1 aromatic heterocycles. The molecular formula is C29H31F3N4O2. The summed E-state index contributed by atoms with van der Waals surface area (Å²) in [4.78, 5) is 17.8. The molecule has 1 amide bonds. The molecule has 1 saturated carbocycles. The van der Waals surface area contributed by atoms with Crippen LogP contribution in [0.25, 0.3) is 5.69 Å².